The van der Waals surface area contributed by atoms with Crippen LogP contribution in [-0.4, -0.2) is 0 Å². The van der Waals surface area contributed by atoms with Gasteiger partial charge in [0.05, 0.1) is 0 Å². The molecule has 0 spiro atoms. The van der Waals surface area contributed by atoms with Crippen LogP contribution in [0, 0.1) is 13.8 Å². The average Bonchev–Trinajstić information content (AvgIpc) is 3.21. The van der Waals surface area contributed by atoms with Crippen LogP contribution in [-0.2, 0) is 11.8 Å². The second-order valence-electron chi connectivity index (χ2n) is 11.4. The van der Waals surface area contributed by atoms with Crippen LogP contribution in [0.15, 0.2) is 72.8 Å². The Labute approximate surface area is 217 Å². The number of rotatable bonds is 5. The lowest BCUT2D eigenvalue weighted by Gasteiger charge is -2.18. The third-order valence-corrected chi connectivity index (χ3v) is 7.53. The maximum absolute atomic E-state index is 3.76. The predicted molar refractivity (Wildman–Crippen MR) is 156 cm³/mol. The summed E-state index contributed by atoms with van der Waals surface area (Å²) in [6.45, 7) is 13.5. The van der Waals surface area contributed by atoms with Gasteiger partial charge in [0.25, 0.3) is 0 Å². The molecular weight excluding hydrogens is 432 g/mol. The van der Waals surface area contributed by atoms with Crippen molar-refractivity contribution in [3.8, 4) is 22.3 Å². The Kier molecular flexibility index (Phi) is 6.47. The molecule has 0 aliphatic heterocycles. The smallest absolute Gasteiger partial charge is 0.000742 e. The van der Waals surface area contributed by atoms with E-state index in [2.05, 4.69) is 126 Å². The third kappa shape index (κ3) is 4.70. The highest BCUT2D eigenvalue weighted by atomic mass is 14.2. The van der Waals surface area contributed by atoms with Crippen LogP contribution >= 0.6 is 0 Å². The van der Waals surface area contributed by atoms with Gasteiger partial charge in [0.15, 0.2) is 0 Å². The molecule has 0 aromatic heterocycles. The van der Waals surface area contributed by atoms with Crippen molar-refractivity contribution in [2.24, 2.45) is 0 Å². The molecule has 1 aliphatic carbocycles. The second-order valence-corrected chi connectivity index (χ2v) is 11.4. The van der Waals surface area contributed by atoms with Crippen molar-refractivity contribution in [3.63, 3.8) is 0 Å². The normalized spacial score (nSPS) is 12.9. The highest BCUT2D eigenvalue weighted by molar-refractivity contribution is 5.87. The SMILES string of the molecule is CCCCc1ccc(-c2cc3c(c(=Cc4ccc(C(C)(C)C)cc4)c2C)=[C]c2cc(C)ccc2-3)cc1. The summed E-state index contributed by atoms with van der Waals surface area (Å²) in [6.07, 6.45) is 9.74. The van der Waals surface area contributed by atoms with Crippen LogP contribution < -0.4 is 10.4 Å². The minimum absolute atomic E-state index is 0.153. The van der Waals surface area contributed by atoms with Crippen molar-refractivity contribution in [2.75, 3.05) is 0 Å². The van der Waals surface area contributed by atoms with Gasteiger partial charge < -0.3 is 0 Å². The quantitative estimate of drug-likeness (QED) is 0.244. The van der Waals surface area contributed by atoms with E-state index in [9.17, 15) is 0 Å². The molecule has 4 aromatic carbocycles. The van der Waals surface area contributed by atoms with Crippen molar-refractivity contribution in [1.82, 2.24) is 0 Å². The summed E-state index contributed by atoms with van der Waals surface area (Å²) in [5.74, 6) is 0. The van der Waals surface area contributed by atoms with Crippen molar-refractivity contribution >= 4 is 12.2 Å². The number of hydrogen-bond acceptors (Lipinski definition) is 0. The first-order chi connectivity index (χ1) is 17.2. The van der Waals surface area contributed by atoms with E-state index in [4.69, 9.17) is 0 Å². The molecular formula is C36H37. The zero-order chi connectivity index (χ0) is 25.4. The molecule has 0 heterocycles. The van der Waals surface area contributed by atoms with Crippen LogP contribution in [0.25, 0.3) is 34.4 Å². The molecule has 5 rings (SSSR count). The lowest BCUT2D eigenvalue weighted by Crippen LogP contribution is -2.28. The average molecular weight is 470 g/mol. The standard InChI is InChI=1S/C36H37/c1-7-8-9-26-11-15-28(16-12-26)32-23-35-31-19-10-24(2)20-29(31)22-34(35)33(25(32)3)21-27-13-17-30(18-14-27)36(4,5)6/h10-21,23H,7-9H2,1-6H3. The van der Waals surface area contributed by atoms with E-state index < -0.39 is 0 Å². The van der Waals surface area contributed by atoms with E-state index in [1.807, 2.05) is 0 Å². The largest absolute Gasteiger partial charge is 0.0654 e. The lowest BCUT2D eigenvalue weighted by atomic mass is 9.86. The molecule has 0 heteroatoms. The number of aryl methyl sites for hydroxylation is 2. The first-order valence-electron chi connectivity index (χ1n) is 13.3. The fraction of sp³-hybridized carbons (Fsp3) is 0.278. The van der Waals surface area contributed by atoms with E-state index in [0.717, 1.165) is 6.42 Å². The fourth-order valence-corrected chi connectivity index (χ4v) is 5.24. The van der Waals surface area contributed by atoms with Gasteiger partial charge in [-0.25, -0.2) is 0 Å². The predicted octanol–water partition coefficient (Wildman–Crippen LogP) is 8.13. The van der Waals surface area contributed by atoms with Crippen LogP contribution in [0.4, 0.5) is 0 Å². The minimum Gasteiger partial charge on any atom is -0.0654 e. The van der Waals surface area contributed by atoms with Crippen LogP contribution in [0.5, 0.6) is 0 Å². The topological polar surface area (TPSA) is 0 Å². The molecule has 0 nitrogen and oxygen atoms in total. The highest BCUT2D eigenvalue weighted by Gasteiger charge is 2.18. The fourth-order valence-electron chi connectivity index (χ4n) is 5.24. The Bertz CT molecular complexity index is 1520. The summed E-state index contributed by atoms with van der Waals surface area (Å²) in [5, 5.41) is 2.49. The minimum atomic E-state index is 0.153. The summed E-state index contributed by atoms with van der Waals surface area (Å²) in [4.78, 5) is 0. The Balaban J connectivity index is 1.70. The molecule has 0 bridgehead atoms. The first-order valence-corrected chi connectivity index (χ1v) is 13.3. The van der Waals surface area contributed by atoms with Gasteiger partial charge in [-0.15, -0.1) is 0 Å². The maximum Gasteiger partial charge on any atom is -0.000742 e. The van der Waals surface area contributed by atoms with Crippen LogP contribution in [0.1, 0.15) is 73.9 Å². The Morgan fingerprint density at radius 2 is 1.50 bits per heavy atom. The van der Waals surface area contributed by atoms with E-state index in [1.54, 1.807) is 0 Å². The van der Waals surface area contributed by atoms with Gasteiger partial charge in [0, 0.05) is 0 Å². The molecule has 0 saturated carbocycles. The summed E-state index contributed by atoms with van der Waals surface area (Å²) >= 11 is 0. The van der Waals surface area contributed by atoms with Gasteiger partial charge in [-0.1, -0.05) is 106 Å². The summed E-state index contributed by atoms with van der Waals surface area (Å²) in [7, 11) is 0. The van der Waals surface area contributed by atoms with Crippen molar-refractivity contribution in [3.05, 3.63) is 117 Å². The molecule has 1 radical (unpaired) electrons. The van der Waals surface area contributed by atoms with Gasteiger partial charge in [-0.3, -0.25) is 0 Å². The summed E-state index contributed by atoms with van der Waals surface area (Å²) in [6, 6.07) is 27.4. The number of fused-ring (bicyclic) bond motifs is 3. The molecule has 0 atom stereocenters. The molecule has 36 heavy (non-hydrogen) atoms. The third-order valence-electron chi connectivity index (χ3n) is 7.53. The van der Waals surface area contributed by atoms with Crippen LogP contribution in [0.3, 0.4) is 0 Å². The number of benzene rings is 4. The molecule has 0 N–H and O–H groups in total. The van der Waals surface area contributed by atoms with E-state index in [0.29, 0.717) is 0 Å². The zero-order valence-corrected chi connectivity index (χ0v) is 22.6. The molecule has 181 valence electrons. The van der Waals surface area contributed by atoms with Gasteiger partial charge in [-0.2, -0.15) is 0 Å². The Morgan fingerprint density at radius 1 is 0.778 bits per heavy atom. The molecule has 1 aliphatic rings. The maximum atomic E-state index is 3.76. The second kappa shape index (κ2) is 9.58. The zero-order valence-electron chi connectivity index (χ0n) is 22.6. The number of hydrogen-bond donors (Lipinski definition) is 0. The van der Waals surface area contributed by atoms with Crippen molar-refractivity contribution in [1.29, 1.82) is 0 Å². The van der Waals surface area contributed by atoms with E-state index in [1.165, 1.54) is 78.9 Å². The van der Waals surface area contributed by atoms with Gasteiger partial charge in [0.1, 0.15) is 0 Å². The first kappa shape index (κ1) is 24.3. The van der Waals surface area contributed by atoms with Crippen molar-refractivity contribution < 1.29 is 0 Å². The molecule has 0 saturated heterocycles. The monoisotopic (exact) mass is 469 g/mol. The Hall–Kier alpha value is -3.38. The lowest BCUT2D eigenvalue weighted by molar-refractivity contribution is 0.590. The van der Waals surface area contributed by atoms with E-state index >= 15 is 0 Å². The van der Waals surface area contributed by atoms with Crippen LogP contribution in [0.2, 0.25) is 0 Å². The molecule has 0 fully saturated rings. The van der Waals surface area contributed by atoms with E-state index in [-0.39, 0.29) is 5.41 Å². The van der Waals surface area contributed by atoms with Gasteiger partial charge >= 0.3 is 0 Å². The highest BCUT2D eigenvalue weighted by Crippen LogP contribution is 2.32. The Morgan fingerprint density at radius 3 is 2.17 bits per heavy atom. The number of unbranched alkanes of at least 4 members (excludes halogenated alkanes) is 1. The van der Waals surface area contributed by atoms with Crippen molar-refractivity contribution in [2.45, 2.75) is 66.2 Å². The molecule has 0 amide bonds. The summed E-state index contributed by atoms with van der Waals surface area (Å²) in [5.41, 5.74) is 13.1. The molecule has 0 unspecified atom stereocenters. The van der Waals surface area contributed by atoms with Gasteiger partial charge in [0.2, 0.25) is 0 Å². The van der Waals surface area contributed by atoms with Gasteiger partial charge in [-0.05, 0) is 111 Å². The summed E-state index contributed by atoms with van der Waals surface area (Å²) < 4.78 is 0. The molecule has 4 aromatic rings.